The molecule has 0 saturated heterocycles. The van der Waals surface area contributed by atoms with Crippen LogP contribution in [0.2, 0.25) is 0 Å². The minimum atomic E-state index is -1.43. The second-order valence-corrected chi connectivity index (χ2v) is 9.84. The summed E-state index contributed by atoms with van der Waals surface area (Å²) >= 11 is 0. The van der Waals surface area contributed by atoms with Crippen LogP contribution in [0.15, 0.2) is 40.8 Å². The van der Waals surface area contributed by atoms with Crippen LogP contribution in [0.4, 0.5) is 4.39 Å². The van der Waals surface area contributed by atoms with Gasteiger partial charge in [-0.05, 0) is 26.7 Å². The third-order valence-corrected chi connectivity index (χ3v) is 6.54. The zero-order chi connectivity index (χ0) is 27.0. The van der Waals surface area contributed by atoms with Crippen molar-refractivity contribution in [2.24, 2.45) is 11.3 Å². The average molecular weight is 508 g/mol. The van der Waals surface area contributed by atoms with Gasteiger partial charge in [0.15, 0.2) is 12.0 Å². The van der Waals surface area contributed by atoms with Gasteiger partial charge < -0.3 is 24.1 Å². The Kier molecular flexibility index (Phi) is 10.8. The van der Waals surface area contributed by atoms with Crippen molar-refractivity contribution in [3.05, 3.63) is 48.0 Å². The third kappa shape index (κ3) is 7.94. The number of hydrogen-bond acceptors (Lipinski definition) is 8. The number of nitrogens with zero attached hydrogens (tertiary/aromatic N) is 1. The van der Waals surface area contributed by atoms with E-state index in [-0.39, 0.29) is 25.1 Å². The highest BCUT2D eigenvalue weighted by molar-refractivity contribution is 5.88. The molecule has 0 radical (unpaired) electrons. The van der Waals surface area contributed by atoms with Crippen LogP contribution in [0.5, 0.6) is 0 Å². The molecule has 9 heteroatoms. The number of ketones is 1. The first-order chi connectivity index (χ1) is 16.9. The van der Waals surface area contributed by atoms with Crippen molar-refractivity contribution in [3.63, 3.8) is 0 Å². The van der Waals surface area contributed by atoms with E-state index in [9.17, 15) is 19.8 Å². The quantitative estimate of drug-likeness (QED) is 0.459. The fourth-order valence-corrected chi connectivity index (χ4v) is 3.98. The number of esters is 1. The predicted molar refractivity (Wildman–Crippen MR) is 132 cm³/mol. The molecule has 2 N–H and O–H groups in total. The molecule has 200 valence electrons. The number of hydrogen-bond donors (Lipinski definition) is 2. The highest BCUT2D eigenvalue weighted by Gasteiger charge is 2.44. The highest BCUT2D eigenvalue weighted by Crippen LogP contribution is 2.33. The first-order valence-electron chi connectivity index (χ1n) is 12.1. The summed E-state index contributed by atoms with van der Waals surface area (Å²) in [7, 11) is 0. The number of rotatable bonds is 4. The molecule has 0 bridgehead atoms. The van der Waals surface area contributed by atoms with Crippen LogP contribution in [-0.4, -0.2) is 58.0 Å². The molecule has 1 aromatic heterocycles. The Labute approximate surface area is 211 Å². The highest BCUT2D eigenvalue weighted by atomic mass is 19.1. The molecule has 0 saturated carbocycles. The summed E-state index contributed by atoms with van der Waals surface area (Å²) in [5.74, 6) is -2.54. The number of ether oxygens (including phenoxy) is 2. The van der Waals surface area contributed by atoms with Crippen molar-refractivity contribution in [1.82, 2.24) is 4.98 Å². The summed E-state index contributed by atoms with van der Waals surface area (Å²) in [5.41, 5.74) is -0.284. The van der Waals surface area contributed by atoms with Crippen LogP contribution < -0.4 is 0 Å². The van der Waals surface area contributed by atoms with E-state index >= 15 is 4.39 Å². The van der Waals surface area contributed by atoms with Gasteiger partial charge in [0.2, 0.25) is 0 Å². The molecule has 2 heterocycles. The van der Waals surface area contributed by atoms with Gasteiger partial charge in [0.05, 0.1) is 42.7 Å². The van der Waals surface area contributed by atoms with Crippen LogP contribution in [0.25, 0.3) is 6.08 Å². The standard InChI is InChI=1S/C27H38FNO7/c1-7-8-20-25(32)17(3)34-12-11-16(2)9-10-22(21(28)13-19-15-35-18(4)29-19)36-24(31)14-23(30)27(5,6)26(20)33/h7,9,13,15,17,20,22-23,25,30,32H,1,8,10-12,14H2,2-6H3/b16-9-,21-13-/t17-,20-,22+,23+,25-/m1/s1. The largest absolute Gasteiger partial charge is 0.455 e. The summed E-state index contributed by atoms with van der Waals surface area (Å²) in [6.07, 6.45) is 1.42. The van der Waals surface area contributed by atoms with Gasteiger partial charge in [-0.15, -0.1) is 6.58 Å². The number of cyclic esters (lactones) is 1. The van der Waals surface area contributed by atoms with Crippen molar-refractivity contribution in [2.75, 3.05) is 6.61 Å². The number of aryl methyl sites for hydroxylation is 1. The summed E-state index contributed by atoms with van der Waals surface area (Å²) in [6.45, 7) is 12.1. The van der Waals surface area contributed by atoms with Crippen molar-refractivity contribution in [2.45, 2.75) is 84.7 Å². The summed E-state index contributed by atoms with van der Waals surface area (Å²) in [6, 6.07) is 0. The molecule has 0 aromatic carbocycles. The molecule has 5 atom stereocenters. The van der Waals surface area contributed by atoms with E-state index in [1.807, 2.05) is 6.92 Å². The van der Waals surface area contributed by atoms with E-state index in [1.54, 1.807) is 19.9 Å². The van der Waals surface area contributed by atoms with Crippen molar-refractivity contribution < 1.29 is 38.1 Å². The SMILES string of the molecule is C=CC[C@H]1C(=O)C(C)(C)[C@@H](O)CC(=O)O[C@H](/C(F)=C/c2coc(C)n2)C/C=C(/C)CCO[C@H](C)[C@H]1O. The maximum Gasteiger partial charge on any atom is 0.309 e. The van der Waals surface area contributed by atoms with E-state index in [0.29, 0.717) is 12.3 Å². The van der Waals surface area contributed by atoms with Gasteiger partial charge in [-0.3, -0.25) is 9.59 Å². The average Bonchev–Trinajstić information content (AvgIpc) is 3.22. The van der Waals surface area contributed by atoms with Crippen LogP contribution in [0.1, 0.15) is 65.0 Å². The van der Waals surface area contributed by atoms with E-state index < -0.39 is 59.7 Å². The minimum absolute atomic E-state index is 0.0503. The molecule has 0 unspecified atom stereocenters. The molecule has 2 rings (SSSR count). The number of oxazole rings is 1. The monoisotopic (exact) mass is 507 g/mol. The Hall–Kier alpha value is -2.62. The molecule has 36 heavy (non-hydrogen) atoms. The van der Waals surface area contributed by atoms with Gasteiger partial charge in [-0.1, -0.05) is 31.6 Å². The maximum absolute atomic E-state index is 15.1. The zero-order valence-corrected chi connectivity index (χ0v) is 21.7. The van der Waals surface area contributed by atoms with Gasteiger partial charge in [-0.2, -0.15) is 0 Å². The lowest BCUT2D eigenvalue weighted by Gasteiger charge is -2.35. The molecule has 0 aliphatic carbocycles. The molecule has 0 spiro atoms. The number of aromatic nitrogens is 1. The van der Waals surface area contributed by atoms with Crippen LogP contribution in [0, 0.1) is 18.3 Å². The Morgan fingerprint density at radius 2 is 2.00 bits per heavy atom. The van der Waals surface area contributed by atoms with E-state index in [1.165, 1.54) is 26.2 Å². The molecule has 0 fully saturated rings. The normalized spacial score (nSPS) is 30.8. The van der Waals surface area contributed by atoms with Gasteiger partial charge in [0.1, 0.15) is 23.6 Å². The van der Waals surface area contributed by atoms with Crippen LogP contribution in [-0.2, 0) is 19.1 Å². The number of Topliss-reactive ketones (excluding diaryl/α,β-unsaturated/α-hetero) is 1. The lowest BCUT2D eigenvalue weighted by Crippen LogP contribution is -2.48. The maximum atomic E-state index is 15.1. The molecular formula is C27H38FNO7. The number of allylic oxidation sites excluding steroid dienone is 1. The topological polar surface area (TPSA) is 119 Å². The number of carbonyl (C=O) groups excluding carboxylic acids is 2. The smallest absolute Gasteiger partial charge is 0.309 e. The van der Waals surface area contributed by atoms with Crippen molar-refractivity contribution in [1.29, 1.82) is 0 Å². The fourth-order valence-electron chi connectivity index (χ4n) is 3.98. The second kappa shape index (κ2) is 13.1. The van der Waals surface area contributed by atoms with E-state index in [2.05, 4.69) is 11.6 Å². The Morgan fingerprint density at radius 1 is 1.31 bits per heavy atom. The number of halogens is 1. The Balaban J connectivity index is 2.37. The van der Waals surface area contributed by atoms with Crippen molar-refractivity contribution in [3.8, 4) is 0 Å². The van der Waals surface area contributed by atoms with Gasteiger partial charge in [0, 0.05) is 19.4 Å². The minimum Gasteiger partial charge on any atom is -0.455 e. The molecule has 0 amide bonds. The summed E-state index contributed by atoms with van der Waals surface area (Å²) in [4.78, 5) is 30.2. The lowest BCUT2D eigenvalue weighted by atomic mass is 9.72. The molecule has 1 aromatic rings. The zero-order valence-electron chi connectivity index (χ0n) is 21.7. The van der Waals surface area contributed by atoms with Crippen molar-refractivity contribution >= 4 is 17.8 Å². The van der Waals surface area contributed by atoms with Crippen LogP contribution in [0.3, 0.4) is 0 Å². The fraction of sp³-hybridized carbons (Fsp3) is 0.593. The van der Waals surface area contributed by atoms with Crippen LogP contribution >= 0.6 is 0 Å². The Bertz CT molecular complexity index is 981. The van der Waals surface area contributed by atoms with Gasteiger partial charge >= 0.3 is 5.97 Å². The van der Waals surface area contributed by atoms with E-state index in [4.69, 9.17) is 13.9 Å². The number of aliphatic hydroxyl groups is 2. The Morgan fingerprint density at radius 3 is 2.61 bits per heavy atom. The molecule has 1 aliphatic heterocycles. The molecule has 1 aliphatic rings. The van der Waals surface area contributed by atoms with E-state index in [0.717, 1.165) is 11.6 Å². The first kappa shape index (κ1) is 29.6. The third-order valence-electron chi connectivity index (χ3n) is 6.54. The molecule has 8 nitrogen and oxygen atoms in total. The number of carbonyl (C=O) groups is 2. The first-order valence-corrected chi connectivity index (χ1v) is 12.1. The van der Waals surface area contributed by atoms with Gasteiger partial charge in [0.25, 0.3) is 0 Å². The lowest BCUT2D eigenvalue weighted by molar-refractivity contribution is -0.155. The number of aliphatic hydroxyl groups excluding tert-OH is 2. The summed E-state index contributed by atoms with van der Waals surface area (Å²) < 4.78 is 31.4. The second-order valence-electron chi connectivity index (χ2n) is 9.84. The van der Waals surface area contributed by atoms with Gasteiger partial charge in [-0.25, -0.2) is 9.37 Å². The predicted octanol–water partition coefficient (Wildman–Crippen LogP) is 4.25. The molecular weight excluding hydrogens is 469 g/mol. The summed E-state index contributed by atoms with van der Waals surface area (Å²) in [5, 5.41) is 21.7.